The molecular weight excluding hydrogens is 338 g/mol. The zero-order valence-electron chi connectivity index (χ0n) is 13.9. The van der Waals surface area contributed by atoms with Crippen LogP contribution in [0.3, 0.4) is 0 Å². The van der Waals surface area contributed by atoms with Gasteiger partial charge in [0.1, 0.15) is 11.9 Å². The average Bonchev–Trinajstić information content (AvgIpc) is 3.19. The van der Waals surface area contributed by atoms with Crippen molar-refractivity contribution in [1.82, 2.24) is 15.0 Å². The third-order valence-electron chi connectivity index (χ3n) is 4.12. The standard InChI is InChI=1S/C18H17N3O3S/c1-11-7-8-25-16(11)18(22)21-9-15(10-21)23-14-5-3-13(4-6-14)17-19-12(2)20-24-17/h3-8,15H,9-10H2,1-2H3. The number of likely N-dealkylation sites (tertiary alicyclic amines) is 1. The Morgan fingerprint density at radius 3 is 2.60 bits per heavy atom. The summed E-state index contributed by atoms with van der Waals surface area (Å²) in [6, 6.07) is 9.50. The lowest BCUT2D eigenvalue weighted by Gasteiger charge is -2.38. The van der Waals surface area contributed by atoms with E-state index in [0.717, 1.165) is 21.8 Å². The monoisotopic (exact) mass is 355 g/mol. The molecule has 3 aromatic rings. The van der Waals surface area contributed by atoms with Crippen molar-refractivity contribution < 1.29 is 14.1 Å². The molecule has 1 amide bonds. The van der Waals surface area contributed by atoms with Gasteiger partial charge in [0.15, 0.2) is 5.82 Å². The van der Waals surface area contributed by atoms with Crippen LogP contribution in [0.25, 0.3) is 11.5 Å². The fraction of sp³-hybridized carbons (Fsp3) is 0.278. The number of aromatic nitrogens is 2. The number of benzene rings is 1. The zero-order valence-corrected chi connectivity index (χ0v) is 14.7. The van der Waals surface area contributed by atoms with Gasteiger partial charge in [-0.15, -0.1) is 11.3 Å². The molecule has 0 radical (unpaired) electrons. The molecule has 0 spiro atoms. The highest BCUT2D eigenvalue weighted by Gasteiger charge is 2.33. The Bertz CT molecular complexity index is 894. The smallest absolute Gasteiger partial charge is 0.264 e. The van der Waals surface area contributed by atoms with Gasteiger partial charge < -0.3 is 14.2 Å². The maximum absolute atomic E-state index is 12.4. The highest BCUT2D eigenvalue weighted by molar-refractivity contribution is 7.12. The number of rotatable bonds is 4. The molecule has 1 aliphatic rings. The van der Waals surface area contributed by atoms with Crippen LogP contribution >= 0.6 is 11.3 Å². The summed E-state index contributed by atoms with van der Waals surface area (Å²) in [6.45, 7) is 4.97. The topological polar surface area (TPSA) is 68.5 Å². The van der Waals surface area contributed by atoms with Crippen molar-refractivity contribution in [2.75, 3.05) is 13.1 Å². The third kappa shape index (κ3) is 3.15. The fourth-order valence-electron chi connectivity index (χ4n) is 2.70. The molecule has 0 saturated carbocycles. The lowest BCUT2D eigenvalue weighted by Crippen LogP contribution is -2.56. The third-order valence-corrected chi connectivity index (χ3v) is 5.13. The first-order valence-electron chi connectivity index (χ1n) is 8.01. The molecule has 1 aliphatic heterocycles. The van der Waals surface area contributed by atoms with E-state index in [4.69, 9.17) is 9.26 Å². The van der Waals surface area contributed by atoms with E-state index in [1.165, 1.54) is 11.3 Å². The Morgan fingerprint density at radius 1 is 1.24 bits per heavy atom. The number of nitrogens with zero attached hydrogens (tertiary/aromatic N) is 3. The van der Waals surface area contributed by atoms with Gasteiger partial charge in [0.2, 0.25) is 0 Å². The van der Waals surface area contributed by atoms with Crippen LogP contribution in [-0.4, -0.2) is 40.1 Å². The summed E-state index contributed by atoms with van der Waals surface area (Å²) in [4.78, 5) is 19.2. The van der Waals surface area contributed by atoms with Gasteiger partial charge in [0, 0.05) is 5.56 Å². The molecule has 7 heteroatoms. The lowest BCUT2D eigenvalue weighted by atomic mass is 10.1. The van der Waals surface area contributed by atoms with Crippen LogP contribution in [0, 0.1) is 13.8 Å². The Kier molecular flexibility index (Phi) is 4.01. The normalized spacial score (nSPS) is 14.4. The molecule has 25 heavy (non-hydrogen) atoms. The van der Waals surface area contributed by atoms with Crippen molar-refractivity contribution in [2.24, 2.45) is 0 Å². The summed E-state index contributed by atoms with van der Waals surface area (Å²) in [5.41, 5.74) is 1.89. The second kappa shape index (κ2) is 6.33. The number of ether oxygens (including phenoxy) is 1. The molecular formula is C18H17N3O3S. The number of hydrogen-bond donors (Lipinski definition) is 0. The number of amides is 1. The van der Waals surface area contributed by atoms with Gasteiger partial charge in [-0.1, -0.05) is 5.16 Å². The summed E-state index contributed by atoms with van der Waals surface area (Å²) >= 11 is 1.49. The molecule has 0 aliphatic carbocycles. The quantitative estimate of drug-likeness (QED) is 0.718. The molecule has 2 aromatic heterocycles. The molecule has 0 unspecified atom stereocenters. The summed E-state index contributed by atoms with van der Waals surface area (Å²) in [5, 5.41) is 5.73. The Labute approximate surface area is 149 Å². The molecule has 1 fully saturated rings. The lowest BCUT2D eigenvalue weighted by molar-refractivity contribution is 0.0181. The highest BCUT2D eigenvalue weighted by Crippen LogP contribution is 2.25. The van der Waals surface area contributed by atoms with Crippen molar-refractivity contribution in [3.8, 4) is 17.2 Å². The maximum Gasteiger partial charge on any atom is 0.264 e. The van der Waals surface area contributed by atoms with Crippen LogP contribution in [0.5, 0.6) is 5.75 Å². The molecule has 1 saturated heterocycles. The number of carbonyl (C=O) groups excluding carboxylic acids is 1. The molecule has 4 rings (SSSR count). The minimum absolute atomic E-state index is 0.0284. The molecule has 0 atom stereocenters. The van der Waals surface area contributed by atoms with Crippen LogP contribution < -0.4 is 4.74 Å². The highest BCUT2D eigenvalue weighted by atomic mass is 32.1. The summed E-state index contributed by atoms with van der Waals surface area (Å²) in [5.74, 6) is 1.96. The van der Waals surface area contributed by atoms with Crippen molar-refractivity contribution in [3.05, 3.63) is 52.0 Å². The number of hydrogen-bond acceptors (Lipinski definition) is 6. The molecule has 0 N–H and O–H groups in total. The first-order chi connectivity index (χ1) is 12.1. The van der Waals surface area contributed by atoms with Crippen LogP contribution in [0.2, 0.25) is 0 Å². The summed E-state index contributed by atoms with van der Waals surface area (Å²) < 4.78 is 11.1. The van der Waals surface area contributed by atoms with Gasteiger partial charge in [-0.2, -0.15) is 4.98 Å². The second-order valence-corrected chi connectivity index (χ2v) is 6.97. The number of carbonyl (C=O) groups is 1. The largest absolute Gasteiger partial charge is 0.487 e. The van der Waals surface area contributed by atoms with E-state index in [1.54, 1.807) is 6.92 Å². The van der Waals surface area contributed by atoms with E-state index in [2.05, 4.69) is 10.1 Å². The van der Waals surface area contributed by atoms with Gasteiger partial charge in [-0.25, -0.2) is 0 Å². The Morgan fingerprint density at radius 2 is 2.00 bits per heavy atom. The van der Waals surface area contributed by atoms with E-state index in [1.807, 2.05) is 47.5 Å². The summed E-state index contributed by atoms with van der Waals surface area (Å²) in [7, 11) is 0. The minimum atomic E-state index is 0.0284. The van der Waals surface area contributed by atoms with Gasteiger partial charge in [-0.3, -0.25) is 4.79 Å². The molecule has 0 bridgehead atoms. The predicted molar refractivity (Wildman–Crippen MR) is 93.8 cm³/mol. The van der Waals surface area contributed by atoms with Gasteiger partial charge in [0.05, 0.1) is 18.0 Å². The summed E-state index contributed by atoms with van der Waals surface area (Å²) in [6.07, 6.45) is 0.0284. The zero-order chi connectivity index (χ0) is 17.4. The van der Waals surface area contributed by atoms with Crippen LogP contribution in [0.15, 0.2) is 40.2 Å². The fourth-order valence-corrected chi connectivity index (χ4v) is 3.59. The van der Waals surface area contributed by atoms with Crippen molar-refractivity contribution in [1.29, 1.82) is 0 Å². The van der Waals surface area contributed by atoms with E-state index in [9.17, 15) is 4.79 Å². The molecule has 128 valence electrons. The molecule has 6 nitrogen and oxygen atoms in total. The van der Waals surface area contributed by atoms with Crippen molar-refractivity contribution in [2.45, 2.75) is 20.0 Å². The number of aryl methyl sites for hydroxylation is 2. The van der Waals surface area contributed by atoms with E-state index in [0.29, 0.717) is 24.8 Å². The first kappa shape index (κ1) is 15.8. The van der Waals surface area contributed by atoms with E-state index in [-0.39, 0.29) is 12.0 Å². The Balaban J connectivity index is 1.34. The van der Waals surface area contributed by atoms with Crippen LogP contribution in [0.4, 0.5) is 0 Å². The molecule has 3 heterocycles. The second-order valence-electron chi connectivity index (χ2n) is 6.05. The van der Waals surface area contributed by atoms with Gasteiger partial charge in [0.25, 0.3) is 11.8 Å². The van der Waals surface area contributed by atoms with Gasteiger partial charge >= 0.3 is 0 Å². The predicted octanol–water partition coefficient (Wildman–Crippen LogP) is 3.32. The number of thiophene rings is 1. The van der Waals surface area contributed by atoms with Crippen LogP contribution in [0.1, 0.15) is 21.1 Å². The van der Waals surface area contributed by atoms with Crippen molar-refractivity contribution >= 4 is 17.2 Å². The average molecular weight is 355 g/mol. The van der Waals surface area contributed by atoms with E-state index >= 15 is 0 Å². The molecule has 1 aromatic carbocycles. The van der Waals surface area contributed by atoms with Gasteiger partial charge in [-0.05, 0) is 55.1 Å². The van der Waals surface area contributed by atoms with Crippen LogP contribution in [-0.2, 0) is 0 Å². The SMILES string of the molecule is Cc1noc(-c2ccc(OC3CN(C(=O)c4sccc4C)C3)cc2)n1. The minimum Gasteiger partial charge on any atom is -0.487 e. The first-order valence-corrected chi connectivity index (χ1v) is 8.89. The van der Waals surface area contributed by atoms with Crippen molar-refractivity contribution in [3.63, 3.8) is 0 Å². The maximum atomic E-state index is 12.4. The Hall–Kier alpha value is -2.67. The van der Waals surface area contributed by atoms with E-state index < -0.39 is 0 Å².